The molecule has 0 aliphatic carbocycles. The molecule has 1 aromatic heterocycles. The molecule has 23 heavy (non-hydrogen) atoms. The number of nitrogens with zero attached hydrogens (tertiary/aromatic N) is 2. The van der Waals surface area contributed by atoms with Crippen molar-refractivity contribution in [3.05, 3.63) is 22.5 Å². The number of hydrogen-bond donors (Lipinski definition) is 2. The molecule has 0 saturated heterocycles. The molecule has 1 unspecified atom stereocenters. The quantitative estimate of drug-likeness (QED) is 0.714. The van der Waals surface area contributed by atoms with Crippen molar-refractivity contribution in [3.8, 4) is 0 Å². The van der Waals surface area contributed by atoms with Crippen LogP contribution in [0.1, 0.15) is 45.4 Å². The van der Waals surface area contributed by atoms with Gasteiger partial charge in [-0.2, -0.15) is 5.10 Å². The van der Waals surface area contributed by atoms with Gasteiger partial charge in [-0.15, -0.1) is 0 Å². The Balaban J connectivity index is 2.80. The van der Waals surface area contributed by atoms with Gasteiger partial charge in [0.25, 0.3) is 0 Å². The van der Waals surface area contributed by atoms with Crippen LogP contribution in [0.5, 0.6) is 0 Å². The van der Waals surface area contributed by atoms with Crippen molar-refractivity contribution in [2.75, 3.05) is 6.61 Å². The number of nitrogens with one attached hydrogen (secondary N) is 1. The zero-order valence-corrected chi connectivity index (χ0v) is 15.4. The highest BCUT2D eigenvalue weighted by molar-refractivity contribution is 6.31. The van der Waals surface area contributed by atoms with Crippen LogP contribution in [-0.4, -0.2) is 33.4 Å². The fraction of sp³-hybridized carbons (Fsp3) is 0.647. The van der Waals surface area contributed by atoms with Crippen molar-refractivity contribution in [3.63, 3.8) is 0 Å². The molecule has 2 N–H and O–H groups in total. The Morgan fingerprint density at radius 1 is 1.39 bits per heavy atom. The first-order valence-corrected chi connectivity index (χ1v) is 8.46. The van der Waals surface area contributed by atoms with Gasteiger partial charge < -0.3 is 10.4 Å². The summed E-state index contributed by atoms with van der Waals surface area (Å²) in [6, 6.07) is -0.0441. The van der Waals surface area contributed by atoms with Crippen molar-refractivity contribution < 1.29 is 9.90 Å². The zero-order chi connectivity index (χ0) is 17.6. The van der Waals surface area contributed by atoms with Crippen molar-refractivity contribution >= 4 is 23.6 Å². The Morgan fingerprint density at radius 2 is 2.04 bits per heavy atom. The number of carbonyl (C=O) groups is 1. The second-order valence-corrected chi connectivity index (χ2v) is 6.93. The van der Waals surface area contributed by atoms with Gasteiger partial charge in [-0.25, -0.2) is 0 Å². The van der Waals surface area contributed by atoms with E-state index < -0.39 is 0 Å². The average molecular weight is 342 g/mol. The maximum Gasteiger partial charge on any atom is 0.244 e. The van der Waals surface area contributed by atoms with Gasteiger partial charge in [0.05, 0.1) is 5.69 Å². The number of carbonyl (C=O) groups excluding carboxylic acids is 1. The summed E-state index contributed by atoms with van der Waals surface area (Å²) >= 11 is 6.35. The predicted molar refractivity (Wildman–Crippen MR) is 94.3 cm³/mol. The number of aliphatic hydroxyl groups excluding tert-OH is 1. The number of aryl methyl sites for hydroxylation is 1. The molecular formula is C17H28ClN3O2. The molecule has 5 nitrogen and oxygen atoms in total. The molecule has 6 heteroatoms. The van der Waals surface area contributed by atoms with E-state index in [0.29, 0.717) is 17.5 Å². The van der Waals surface area contributed by atoms with E-state index >= 15 is 0 Å². The van der Waals surface area contributed by atoms with Crippen LogP contribution in [0.2, 0.25) is 5.15 Å². The number of aromatic nitrogens is 2. The Hall–Kier alpha value is -1.33. The normalized spacial score (nSPS) is 13.3. The molecule has 0 aromatic carbocycles. The Morgan fingerprint density at radius 3 is 2.57 bits per heavy atom. The highest BCUT2D eigenvalue weighted by Gasteiger charge is 2.15. The zero-order valence-electron chi connectivity index (χ0n) is 14.6. The lowest BCUT2D eigenvalue weighted by atomic mass is 10.0. The minimum Gasteiger partial charge on any atom is -0.396 e. The number of halogens is 1. The van der Waals surface area contributed by atoms with E-state index in [4.69, 9.17) is 16.7 Å². The number of aliphatic hydroxyl groups is 1. The summed E-state index contributed by atoms with van der Waals surface area (Å²) in [4.78, 5) is 12.1. The average Bonchev–Trinajstić information content (AvgIpc) is 2.70. The Bertz CT molecular complexity index is 550. The lowest BCUT2D eigenvalue weighted by Gasteiger charge is -2.20. The summed E-state index contributed by atoms with van der Waals surface area (Å²) in [5.74, 6) is 0.514. The maximum absolute atomic E-state index is 12.1. The summed E-state index contributed by atoms with van der Waals surface area (Å²) in [6.07, 6.45) is 3.72. The molecule has 1 atom stereocenters. The molecule has 0 radical (unpaired) electrons. The minimum atomic E-state index is -0.191. The lowest BCUT2D eigenvalue weighted by molar-refractivity contribution is -0.117. The van der Waals surface area contributed by atoms with Gasteiger partial charge in [0.15, 0.2) is 0 Å². The van der Waals surface area contributed by atoms with Crippen molar-refractivity contribution in [2.45, 2.75) is 53.6 Å². The highest BCUT2D eigenvalue weighted by Crippen LogP contribution is 2.22. The molecule has 1 rings (SSSR count). The molecule has 1 amide bonds. The van der Waals surface area contributed by atoms with Crippen LogP contribution in [0.4, 0.5) is 0 Å². The molecule has 0 fully saturated rings. The fourth-order valence-corrected chi connectivity index (χ4v) is 2.63. The van der Waals surface area contributed by atoms with Gasteiger partial charge in [-0.05, 0) is 31.3 Å². The monoisotopic (exact) mass is 341 g/mol. The molecule has 1 aromatic rings. The van der Waals surface area contributed by atoms with Gasteiger partial charge in [-0.1, -0.05) is 39.3 Å². The molecule has 0 saturated carbocycles. The van der Waals surface area contributed by atoms with E-state index in [2.05, 4.69) is 24.3 Å². The number of amides is 1. The first kappa shape index (κ1) is 19.7. The van der Waals surface area contributed by atoms with E-state index in [1.165, 1.54) is 6.08 Å². The van der Waals surface area contributed by atoms with Crippen LogP contribution in [0.15, 0.2) is 6.08 Å². The van der Waals surface area contributed by atoms with Gasteiger partial charge >= 0.3 is 0 Å². The van der Waals surface area contributed by atoms with Crippen molar-refractivity contribution in [1.29, 1.82) is 0 Å². The summed E-state index contributed by atoms with van der Waals surface area (Å²) in [6.45, 7) is 10.9. The van der Waals surface area contributed by atoms with Crippen LogP contribution in [0.25, 0.3) is 6.08 Å². The third-order valence-electron chi connectivity index (χ3n) is 3.62. The molecule has 0 aliphatic rings. The van der Waals surface area contributed by atoms with Gasteiger partial charge in [-0.3, -0.25) is 9.48 Å². The molecule has 0 spiro atoms. The number of rotatable bonds is 8. The van der Waals surface area contributed by atoms with E-state index in [-0.39, 0.29) is 24.5 Å². The van der Waals surface area contributed by atoms with Gasteiger partial charge in [0, 0.05) is 30.8 Å². The van der Waals surface area contributed by atoms with Crippen molar-refractivity contribution in [2.24, 2.45) is 11.8 Å². The van der Waals surface area contributed by atoms with Crippen LogP contribution in [-0.2, 0) is 11.3 Å². The highest BCUT2D eigenvalue weighted by atomic mass is 35.5. The summed E-state index contributed by atoms with van der Waals surface area (Å²) < 4.78 is 1.77. The Kier molecular flexibility index (Phi) is 7.79. The SMILES string of the molecule is Cc1nn(CC(C)C)c(Cl)c1/C=C/C(=O)NC(CCO)C(C)C. The van der Waals surface area contributed by atoms with Crippen molar-refractivity contribution in [1.82, 2.24) is 15.1 Å². The maximum atomic E-state index is 12.1. The van der Waals surface area contributed by atoms with Crippen LogP contribution < -0.4 is 5.32 Å². The topological polar surface area (TPSA) is 67.2 Å². The predicted octanol–water partition coefficient (Wildman–Crippen LogP) is 3.04. The Labute approximate surface area is 143 Å². The largest absolute Gasteiger partial charge is 0.396 e. The number of hydrogen-bond acceptors (Lipinski definition) is 3. The molecule has 1 heterocycles. The standard InChI is InChI=1S/C17H28ClN3O2/c1-11(2)10-21-17(18)14(13(5)20-21)6-7-16(23)19-15(8-9-22)12(3)4/h6-7,11-12,15,22H,8-10H2,1-5H3,(H,19,23)/b7-6+. The summed E-state index contributed by atoms with van der Waals surface area (Å²) in [5.41, 5.74) is 1.57. The molecule has 0 aliphatic heterocycles. The third kappa shape index (κ3) is 5.99. The van der Waals surface area contributed by atoms with Crippen LogP contribution in [0, 0.1) is 18.8 Å². The van der Waals surface area contributed by atoms with E-state index in [0.717, 1.165) is 17.8 Å². The molecule has 130 valence electrons. The fourth-order valence-electron chi connectivity index (χ4n) is 2.32. The van der Waals surface area contributed by atoms with E-state index in [1.54, 1.807) is 10.8 Å². The van der Waals surface area contributed by atoms with E-state index in [9.17, 15) is 4.79 Å². The first-order chi connectivity index (χ1) is 10.8. The lowest BCUT2D eigenvalue weighted by Crippen LogP contribution is -2.38. The third-order valence-corrected chi connectivity index (χ3v) is 4.02. The van der Waals surface area contributed by atoms with Gasteiger partial charge in [0.2, 0.25) is 5.91 Å². The first-order valence-electron chi connectivity index (χ1n) is 8.08. The second kappa shape index (κ2) is 9.08. The van der Waals surface area contributed by atoms with E-state index in [1.807, 2.05) is 20.8 Å². The smallest absolute Gasteiger partial charge is 0.244 e. The minimum absolute atomic E-state index is 0.0441. The summed E-state index contributed by atoms with van der Waals surface area (Å²) in [7, 11) is 0. The van der Waals surface area contributed by atoms with Crippen LogP contribution in [0.3, 0.4) is 0 Å². The molecular weight excluding hydrogens is 314 g/mol. The second-order valence-electron chi connectivity index (χ2n) is 6.57. The molecule has 0 bridgehead atoms. The van der Waals surface area contributed by atoms with Gasteiger partial charge in [0.1, 0.15) is 5.15 Å². The van der Waals surface area contributed by atoms with Crippen LogP contribution >= 0.6 is 11.6 Å². The summed E-state index contributed by atoms with van der Waals surface area (Å²) in [5, 5.41) is 16.9.